The Bertz CT molecular complexity index is 340. The van der Waals surface area contributed by atoms with Crippen LogP contribution >= 0.6 is 15.9 Å². The van der Waals surface area contributed by atoms with Gasteiger partial charge in [-0.3, -0.25) is 0 Å². The van der Waals surface area contributed by atoms with E-state index in [1.807, 2.05) is 0 Å². The minimum Gasteiger partial charge on any atom is -0.396 e. The van der Waals surface area contributed by atoms with Crippen molar-refractivity contribution in [2.24, 2.45) is 0 Å². The molecule has 15 heavy (non-hydrogen) atoms. The van der Waals surface area contributed by atoms with Crippen LogP contribution in [-0.4, -0.2) is 18.3 Å². The molecule has 0 aromatic heterocycles. The van der Waals surface area contributed by atoms with Crippen LogP contribution in [0, 0.1) is 0 Å². The van der Waals surface area contributed by atoms with Gasteiger partial charge in [0.15, 0.2) is 0 Å². The summed E-state index contributed by atoms with van der Waals surface area (Å²) in [4.78, 5) is 0. The average Bonchev–Trinajstić information content (AvgIpc) is 2.64. The van der Waals surface area contributed by atoms with Crippen LogP contribution in [0.1, 0.15) is 30.0 Å². The molecule has 0 spiro atoms. The lowest BCUT2D eigenvalue weighted by atomic mass is 10.1. The van der Waals surface area contributed by atoms with Crippen LogP contribution in [0.15, 0.2) is 22.7 Å². The molecule has 0 aliphatic heterocycles. The number of fused-ring (bicyclic) bond motifs is 1. The Labute approximate surface area is 98.8 Å². The molecular formula is C12H16BrNO. The number of nitrogens with one attached hydrogen (secondary N) is 1. The minimum absolute atomic E-state index is 0.269. The summed E-state index contributed by atoms with van der Waals surface area (Å²) in [7, 11) is 0. The normalized spacial score (nSPS) is 19.2. The van der Waals surface area contributed by atoms with Crippen LogP contribution in [0.5, 0.6) is 0 Å². The van der Waals surface area contributed by atoms with Crippen molar-refractivity contribution in [2.75, 3.05) is 13.2 Å². The third-order valence-electron chi connectivity index (χ3n) is 2.94. The maximum absolute atomic E-state index is 8.73. The highest BCUT2D eigenvalue weighted by atomic mass is 79.9. The van der Waals surface area contributed by atoms with Gasteiger partial charge < -0.3 is 10.4 Å². The summed E-state index contributed by atoms with van der Waals surface area (Å²) in [6.45, 7) is 1.16. The van der Waals surface area contributed by atoms with Gasteiger partial charge in [-0.15, -0.1) is 0 Å². The quantitative estimate of drug-likeness (QED) is 0.823. The predicted octanol–water partition coefficient (Wildman–Crippen LogP) is 2.41. The lowest BCUT2D eigenvalue weighted by Gasteiger charge is -2.13. The van der Waals surface area contributed by atoms with Crippen molar-refractivity contribution in [3.63, 3.8) is 0 Å². The molecule has 82 valence electrons. The number of hydrogen-bond donors (Lipinski definition) is 2. The summed E-state index contributed by atoms with van der Waals surface area (Å²) in [5, 5.41) is 12.2. The molecule has 0 heterocycles. The van der Waals surface area contributed by atoms with Crippen molar-refractivity contribution in [1.29, 1.82) is 0 Å². The van der Waals surface area contributed by atoms with E-state index >= 15 is 0 Å². The Balaban J connectivity index is 2.05. The van der Waals surface area contributed by atoms with E-state index < -0.39 is 0 Å². The van der Waals surface area contributed by atoms with E-state index in [0.29, 0.717) is 6.04 Å². The molecule has 2 nitrogen and oxygen atoms in total. The first-order valence-corrected chi connectivity index (χ1v) is 6.23. The molecule has 1 aromatic carbocycles. The third kappa shape index (κ3) is 2.41. The molecule has 0 saturated heterocycles. The fraction of sp³-hybridized carbons (Fsp3) is 0.500. The van der Waals surface area contributed by atoms with Crippen LogP contribution in [-0.2, 0) is 6.42 Å². The highest BCUT2D eigenvalue weighted by molar-refractivity contribution is 9.10. The van der Waals surface area contributed by atoms with Crippen molar-refractivity contribution >= 4 is 15.9 Å². The minimum atomic E-state index is 0.269. The van der Waals surface area contributed by atoms with Crippen molar-refractivity contribution in [1.82, 2.24) is 5.32 Å². The molecule has 0 radical (unpaired) electrons. The predicted molar refractivity (Wildman–Crippen MR) is 64.9 cm³/mol. The second-order valence-corrected chi connectivity index (χ2v) is 4.78. The molecule has 0 saturated carbocycles. The Hall–Kier alpha value is -0.380. The fourth-order valence-electron chi connectivity index (χ4n) is 2.18. The maximum atomic E-state index is 8.73. The van der Waals surface area contributed by atoms with Crippen LogP contribution < -0.4 is 5.32 Å². The zero-order valence-corrected chi connectivity index (χ0v) is 10.3. The number of rotatable bonds is 4. The summed E-state index contributed by atoms with van der Waals surface area (Å²) in [6.07, 6.45) is 3.15. The molecule has 1 aliphatic rings. The lowest BCUT2D eigenvalue weighted by molar-refractivity contribution is 0.283. The second-order valence-electron chi connectivity index (χ2n) is 3.93. The van der Waals surface area contributed by atoms with E-state index in [4.69, 9.17) is 5.11 Å². The molecule has 1 unspecified atom stereocenters. The molecular weight excluding hydrogens is 254 g/mol. The summed E-state index contributed by atoms with van der Waals surface area (Å²) >= 11 is 3.59. The van der Waals surface area contributed by atoms with Gasteiger partial charge in [0.25, 0.3) is 0 Å². The topological polar surface area (TPSA) is 32.3 Å². The molecule has 2 rings (SSSR count). The molecule has 0 fully saturated rings. The van der Waals surface area contributed by atoms with Gasteiger partial charge in [0.05, 0.1) is 0 Å². The highest BCUT2D eigenvalue weighted by Crippen LogP contribution is 2.35. The number of aliphatic hydroxyl groups is 1. The van der Waals surface area contributed by atoms with Crippen molar-refractivity contribution in [3.8, 4) is 0 Å². The van der Waals surface area contributed by atoms with Gasteiger partial charge in [0.1, 0.15) is 0 Å². The molecule has 1 aromatic rings. The molecule has 1 aliphatic carbocycles. The van der Waals surface area contributed by atoms with Crippen LogP contribution in [0.3, 0.4) is 0 Å². The smallest absolute Gasteiger partial charge is 0.0443 e. The SMILES string of the molecule is OCCCNC1CCc2c(Br)cccc21. The van der Waals surface area contributed by atoms with Gasteiger partial charge in [-0.25, -0.2) is 0 Å². The van der Waals surface area contributed by atoms with Crippen LogP contribution in [0.2, 0.25) is 0 Å². The standard InChI is InChI=1S/C12H16BrNO/c13-11-4-1-3-10-9(11)5-6-12(10)14-7-2-8-15/h1,3-4,12,14-15H,2,5-8H2. The van der Waals surface area contributed by atoms with Crippen LogP contribution in [0.4, 0.5) is 0 Å². The zero-order chi connectivity index (χ0) is 10.7. The molecule has 2 N–H and O–H groups in total. The number of hydrogen-bond acceptors (Lipinski definition) is 2. The van der Waals surface area contributed by atoms with Gasteiger partial charge in [0.2, 0.25) is 0 Å². The lowest BCUT2D eigenvalue weighted by Crippen LogP contribution is -2.21. The summed E-state index contributed by atoms with van der Waals surface area (Å²) < 4.78 is 1.23. The average molecular weight is 270 g/mol. The summed E-state index contributed by atoms with van der Waals surface area (Å²) in [5.74, 6) is 0. The van der Waals surface area contributed by atoms with Crippen molar-refractivity contribution in [2.45, 2.75) is 25.3 Å². The van der Waals surface area contributed by atoms with Crippen molar-refractivity contribution < 1.29 is 5.11 Å². The zero-order valence-electron chi connectivity index (χ0n) is 8.67. The van der Waals surface area contributed by atoms with E-state index in [2.05, 4.69) is 39.4 Å². The molecule has 0 bridgehead atoms. The first-order chi connectivity index (χ1) is 7.33. The largest absolute Gasteiger partial charge is 0.396 e. The Morgan fingerprint density at radius 1 is 1.47 bits per heavy atom. The van der Waals surface area contributed by atoms with Gasteiger partial charge in [-0.2, -0.15) is 0 Å². The first kappa shape index (κ1) is 11.1. The maximum Gasteiger partial charge on any atom is 0.0443 e. The van der Waals surface area contributed by atoms with Gasteiger partial charge in [-0.1, -0.05) is 28.1 Å². The number of aliphatic hydroxyl groups excluding tert-OH is 1. The number of halogens is 1. The Morgan fingerprint density at radius 2 is 2.33 bits per heavy atom. The van der Waals surface area contributed by atoms with Gasteiger partial charge >= 0.3 is 0 Å². The van der Waals surface area contributed by atoms with E-state index in [-0.39, 0.29) is 6.61 Å². The Kier molecular flexibility index (Phi) is 3.78. The van der Waals surface area contributed by atoms with E-state index in [0.717, 1.165) is 19.4 Å². The Morgan fingerprint density at radius 3 is 3.13 bits per heavy atom. The van der Waals surface area contributed by atoms with Crippen LogP contribution in [0.25, 0.3) is 0 Å². The first-order valence-electron chi connectivity index (χ1n) is 5.44. The summed E-state index contributed by atoms with van der Waals surface area (Å²) in [5.41, 5.74) is 2.86. The van der Waals surface area contributed by atoms with Gasteiger partial charge in [0, 0.05) is 17.1 Å². The molecule has 0 amide bonds. The second kappa shape index (κ2) is 5.10. The van der Waals surface area contributed by atoms with E-state index in [9.17, 15) is 0 Å². The van der Waals surface area contributed by atoms with Crippen molar-refractivity contribution in [3.05, 3.63) is 33.8 Å². The van der Waals surface area contributed by atoms with Gasteiger partial charge in [-0.05, 0) is 43.0 Å². The highest BCUT2D eigenvalue weighted by Gasteiger charge is 2.22. The monoisotopic (exact) mass is 269 g/mol. The van der Waals surface area contributed by atoms with E-state index in [1.54, 1.807) is 0 Å². The molecule has 3 heteroatoms. The summed E-state index contributed by atoms with van der Waals surface area (Å²) in [6, 6.07) is 6.87. The fourth-order valence-corrected chi connectivity index (χ4v) is 2.76. The van der Waals surface area contributed by atoms with E-state index in [1.165, 1.54) is 22.0 Å². The third-order valence-corrected chi connectivity index (χ3v) is 3.68. The number of benzene rings is 1. The molecule has 1 atom stereocenters.